The molecule has 3 amide bonds. The highest BCUT2D eigenvalue weighted by Gasteiger charge is 2.21. The Morgan fingerprint density at radius 1 is 1.12 bits per heavy atom. The van der Waals surface area contributed by atoms with Crippen LogP contribution in [0.3, 0.4) is 0 Å². The lowest BCUT2D eigenvalue weighted by Gasteiger charge is -2.11. The quantitative estimate of drug-likeness (QED) is 0.370. The lowest BCUT2D eigenvalue weighted by atomic mass is 10.0. The molecule has 0 saturated heterocycles. The molecular formula is C23H22FN7O2. The van der Waals surface area contributed by atoms with E-state index in [0.29, 0.717) is 40.0 Å². The molecule has 0 aliphatic rings. The number of anilines is 3. The van der Waals surface area contributed by atoms with Gasteiger partial charge in [-0.1, -0.05) is 24.3 Å². The van der Waals surface area contributed by atoms with Crippen LogP contribution >= 0.6 is 0 Å². The van der Waals surface area contributed by atoms with Crippen LogP contribution in [0.2, 0.25) is 0 Å². The zero-order valence-corrected chi connectivity index (χ0v) is 18.0. The van der Waals surface area contributed by atoms with E-state index in [2.05, 4.69) is 26.0 Å². The number of carbonyl (C=O) groups excluding carboxylic acids is 2. The van der Waals surface area contributed by atoms with Crippen LogP contribution in [0.4, 0.5) is 26.4 Å². The molecule has 0 radical (unpaired) electrons. The minimum Gasteiger partial charge on any atom is -0.382 e. The van der Waals surface area contributed by atoms with Crippen molar-refractivity contribution < 1.29 is 14.0 Å². The van der Waals surface area contributed by atoms with E-state index in [1.807, 2.05) is 6.92 Å². The lowest BCUT2D eigenvalue weighted by Crippen LogP contribution is -2.22. The topological polar surface area (TPSA) is 126 Å². The maximum Gasteiger partial charge on any atom is 0.323 e. The molecule has 0 aliphatic heterocycles. The Kier molecular flexibility index (Phi) is 5.90. The van der Waals surface area contributed by atoms with Gasteiger partial charge in [-0.25, -0.2) is 18.7 Å². The van der Waals surface area contributed by atoms with Gasteiger partial charge in [0.25, 0.3) is 5.91 Å². The number of halogens is 1. The van der Waals surface area contributed by atoms with E-state index < -0.39 is 11.8 Å². The fourth-order valence-electron chi connectivity index (χ4n) is 3.50. The summed E-state index contributed by atoms with van der Waals surface area (Å²) in [6.45, 7) is 3.91. The summed E-state index contributed by atoms with van der Waals surface area (Å²) < 4.78 is 15.6. The first-order valence-corrected chi connectivity index (χ1v) is 10.2. The monoisotopic (exact) mass is 447 g/mol. The number of benzene rings is 2. The summed E-state index contributed by atoms with van der Waals surface area (Å²) in [6.07, 6.45) is 2.92. The standard InChI is InChI=1S/C23H22FN7O2/c1-3-26-22(32)16-11-31-20(21(25)27-12-28-31)18(16)14-7-9-15(10-8-14)29-23(33)30-17-6-4-5-13(2)19(17)24/h4-12H,3H2,1-2H3,(H,26,32)(H2,25,27,28)(H2,29,30,33). The third-order valence-electron chi connectivity index (χ3n) is 5.06. The zero-order chi connectivity index (χ0) is 23.5. The first kappa shape index (κ1) is 21.8. The van der Waals surface area contributed by atoms with Crippen LogP contribution in [0.5, 0.6) is 0 Å². The van der Waals surface area contributed by atoms with Crippen molar-refractivity contribution in [3.63, 3.8) is 0 Å². The predicted molar refractivity (Wildman–Crippen MR) is 125 cm³/mol. The number of carbonyl (C=O) groups is 2. The number of aromatic nitrogens is 3. The van der Waals surface area contributed by atoms with Crippen molar-refractivity contribution >= 4 is 34.6 Å². The van der Waals surface area contributed by atoms with E-state index in [1.54, 1.807) is 49.5 Å². The Balaban J connectivity index is 1.62. The Bertz CT molecular complexity index is 1350. The number of nitrogen functional groups attached to an aromatic ring is 1. The fraction of sp³-hybridized carbons (Fsp3) is 0.130. The molecule has 10 heteroatoms. The summed E-state index contributed by atoms with van der Waals surface area (Å²) in [7, 11) is 0. The molecule has 0 atom stereocenters. The van der Waals surface area contributed by atoms with Crippen LogP contribution in [-0.2, 0) is 0 Å². The van der Waals surface area contributed by atoms with E-state index in [4.69, 9.17) is 5.73 Å². The first-order chi connectivity index (χ1) is 15.9. The second-order valence-electron chi connectivity index (χ2n) is 7.31. The Morgan fingerprint density at radius 3 is 2.61 bits per heavy atom. The van der Waals surface area contributed by atoms with Gasteiger partial charge in [0.15, 0.2) is 5.82 Å². The fourth-order valence-corrected chi connectivity index (χ4v) is 3.50. The highest BCUT2D eigenvalue weighted by atomic mass is 19.1. The second-order valence-corrected chi connectivity index (χ2v) is 7.31. The van der Waals surface area contributed by atoms with Gasteiger partial charge in [-0.2, -0.15) is 5.10 Å². The highest BCUT2D eigenvalue weighted by Crippen LogP contribution is 2.33. The molecule has 0 spiro atoms. The van der Waals surface area contributed by atoms with Crippen molar-refractivity contribution in [2.45, 2.75) is 13.8 Å². The first-order valence-electron chi connectivity index (χ1n) is 10.2. The lowest BCUT2D eigenvalue weighted by molar-refractivity contribution is 0.0956. The number of hydrogen-bond donors (Lipinski definition) is 4. The molecule has 0 unspecified atom stereocenters. The molecule has 0 bridgehead atoms. The van der Waals surface area contributed by atoms with Gasteiger partial charge >= 0.3 is 6.03 Å². The number of rotatable bonds is 5. The number of urea groups is 1. The largest absolute Gasteiger partial charge is 0.382 e. The van der Waals surface area contributed by atoms with Crippen molar-refractivity contribution in [1.29, 1.82) is 0 Å². The van der Waals surface area contributed by atoms with Crippen molar-refractivity contribution in [3.05, 3.63) is 71.9 Å². The predicted octanol–water partition coefficient (Wildman–Crippen LogP) is 3.82. The van der Waals surface area contributed by atoms with Crippen LogP contribution < -0.4 is 21.7 Å². The van der Waals surface area contributed by atoms with Gasteiger partial charge in [-0.15, -0.1) is 0 Å². The summed E-state index contributed by atoms with van der Waals surface area (Å²) in [5.74, 6) is -0.516. The van der Waals surface area contributed by atoms with Crippen LogP contribution in [0.15, 0.2) is 55.0 Å². The van der Waals surface area contributed by atoms with Crippen molar-refractivity contribution in [2.75, 3.05) is 22.9 Å². The maximum absolute atomic E-state index is 14.1. The Morgan fingerprint density at radius 2 is 1.88 bits per heavy atom. The zero-order valence-electron chi connectivity index (χ0n) is 18.0. The van der Waals surface area contributed by atoms with Gasteiger partial charge in [0.2, 0.25) is 0 Å². The molecular weight excluding hydrogens is 425 g/mol. The van der Waals surface area contributed by atoms with Gasteiger partial charge < -0.3 is 21.7 Å². The molecule has 4 rings (SSSR count). The Hall–Kier alpha value is -4.47. The minimum absolute atomic E-state index is 0.0893. The summed E-state index contributed by atoms with van der Waals surface area (Å²) >= 11 is 0. The summed E-state index contributed by atoms with van der Waals surface area (Å²) in [6, 6.07) is 11.0. The highest BCUT2D eigenvalue weighted by molar-refractivity contribution is 6.07. The molecule has 168 valence electrons. The number of amides is 3. The smallest absolute Gasteiger partial charge is 0.323 e. The van der Waals surface area contributed by atoms with Gasteiger partial charge in [0.1, 0.15) is 17.7 Å². The average molecular weight is 447 g/mol. The minimum atomic E-state index is -0.581. The normalized spacial score (nSPS) is 10.8. The molecule has 0 aliphatic carbocycles. The van der Waals surface area contributed by atoms with Crippen LogP contribution in [0.1, 0.15) is 22.8 Å². The molecule has 2 aromatic heterocycles. The molecule has 0 saturated carbocycles. The Labute approximate surface area is 188 Å². The SMILES string of the molecule is CCNC(=O)c1cn2ncnc(N)c2c1-c1ccc(NC(=O)Nc2cccc(C)c2F)cc1. The number of nitrogens with two attached hydrogens (primary N) is 1. The molecule has 4 aromatic rings. The number of nitrogens with zero attached hydrogens (tertiary/aromatic N) is 3. The van der Waals surface area contributed by atoms with Crippen molar-refractivity contribution in [3.8, 4) is 11.1 Å². The van der Waals surface area contributed by atoms with E-state index in [9.17, 15) is 14.0 Å². The van der Waals surface area contributed by atoms with Crippen LogP contribution in [0.25, 0.3) is 16.6 Å². The van der Waals surface area contributed by atoms with Gasteiger partial charge in [0, 0.05) is 24.0 Å². The van der Waals surface area contributed by atoms with Gasteiger partial charge in [-0.3, -0.25) is 4.79 Å². The summed E-state index contributed by atoms with van der Waals surface area (Å²) in [5.41, 5.74) is 9.26. The van der Waals surface area contributed by atoms with Crippen LogP contribution in [-0.4, -0.2) is 33.1 Å². The molecule has 2 aromatic carbocycles. The van der Waals surface area contributed by atoms with E-state index >= 15 is 0 Å². The summed E-state index contributed by atoms with van der Waals surface area (Å²) in [5, 5.41) is 12.1. The maximum atomic E-state index is 14.1. The molecule has 33 heavy (non-hydrogen) atoms. The summed E-state index contributed by atoms with van der Waals surface area (Å²) in [4.78, 5) is 29.0. The number of nitrogens with one attached hydrogen (secondary N) is 3. The van der Waals surface area contributed by atoms with E-state index in [-0.39, 0.29) is 17.4 Å². The van der Waals surface area contributed by atoms with Crippen molar-refractivity contribution in [2.24, 2.45) is 0 Å². The van der Waals surface area contributed by atoms with E-state index in [0.717, 1.165) is 0 Å². The van der Waals surface area contributed by atoms with Crippen LogP contribution in [0, 0.1) is 12.7 Å². The average Bonchev–Trinajstić information content (AvgIpc) is 3.19. The third kappa shape index (κ3) is 4.31. The molecule has 5 N–H and O–H groups in total. The van der Waals surface area contributed by atoms with Crippen molar-refractivity contribution in [1.82, 2.24) is 19.9 Å². The number of aryl methyl sites for hydroxylation is 1. The molecule has 9 nitrogen and oxygen atoms in total. The third-order valence-corrected chi connectivity index (χ3v) is 5.06. The van der Waals surface area contributed by atoms with Gasteiger partial charge in [0.05, 0.1) is 11.3 Å². The molecule has 0 fully saturated rings. The number of fused-ring (bicyclic) bond motifs is 1. The van der Waals surface area contributed by atoms with E-state index in [1.165, 1.54) is 16.9 Å². The van der Waals surface area contributed by atoms with Gasteiger partial charge in [-0.05, 0) is 43.2 Å². The second kappa shape index (κ2) is 8.95. The number of hydrogen-bond acceptors (Lipinski definition) is 5. The molecule has 2 heterocycles.